The Bertz CT molecular complexity index is 1070. The summed E-state index contributed by atoms with van der Waals surface area (Å²) in [4.78, 5) is 23.8. The molecule has 2 aromatic rings. The van der Waals surface area contributed by atoms with Crippen molar-refractivity contribution in [2.45, 2.75) is 57.1 Å². The monoisotopic (exact) mass is 496 g/mol. The minimum atomic E-state index is -3.62. The number of urea groups is 1. The molecule has 0 fully saturated rings. The van der Waals surface area contributed by atoms with E-state index in [-0.39, 0.29) is 16.7 Å². The van der Waals surface area contributed by atoms with Crippen molar-refractivity contribution in [3.8, 4) is 11.4 Å². The van der Waals surface area contributed by atoms with Crippen LogP contribution in [0.2, 0.25) is 0 Å². The first kappa shape index (κ1) is 26.8. The van der Waals surface area contributed by atoms with Gasteiger partial charge in [-0.15, -0.1) is 10.2 Å². The largest absolute Gasteiger partial charge is 0.338 e. The van der Waals surface area contributed by atoms with Gasteiger partial charge in [0.25, 0.3) is 0 Å². The van der Waals surface area contributed by atoms with E-state index in [9.17, 15) is 18.0 Å². The predicted octanol–water partition coefficient (Wildman–Crippen LogP) is 2.88. The first-order valence-corrected chi connectivity index (χ1v) is 13.4. The molecule has 0 bridgehead atoms. The molecule has 33 heavy (non-hydrogen) atoms. The highest BCUT2D eigenvalue weighted by Gasteiger charge is 2.24. The van der Waals surface area contributed by atoms with E-state index >= 15 is 0 Å². The Balaban J connectivity index is 2.36. The Hall–Kier alpha value is -2.44. The molecule has 1 aromatic heterocycles. The van der Waals surface area contributed by atoms with Crippen molar-refractivity contribution >= 4 is 33.7 Å². The average Bonchev–Trinajstić information content (AvgIpc) is 3.22. The van der Waals surface area contributed by atoms with Crippen molar-refractivity contribution < 1.29 is 18.0 Å². The highest BCUT2D eigenvalue weighted by molar-refractivity contribution is 7.99. The Morgan fingerprint density at radius 3 is 2.45 bits per heavy atom. The van der Waals surface area contributed by atoms with Crippen LogP contribution in [-0.2, 0) is 14.8 Å². The van der Waals surface area contributed by atoms with Gasteiger partial charge in [-0.2, -0.15) is 4.31 Å². The second-order valence-corrected chi connectivity index (χ2v) is 10.1. The summed E-state index contributed by atoms with van der Waals surface area (Å²) in [7, 11) is -3.62. The molecule has 1 atom stereocenters. The Kier molecular flexibility index (Phi) is 9.87. The first-order valence-electron chi connectivity index (χ1n) is 10.9. The molecule has 0 aliphatic heterocycles. The van der Waals surface area contributed by atoms with E-state index in [0.29, 0.717) is 36.2 Å². The van der Waals surface area contributed by atoms with Crippen LogP contribution in [-0.4, -0.2) is 64.8 Å². The van der Waals surface area contributed by atoms with Gasteiger partial charge in [-0.25, -0.2) is 13.2 Å². The lowest BCUT2D eigenvalue weighted by Crippen LogP contribution is -2.40. The van der Waals surface area contributed by atoms with E-state index in [1.54, 1.807) is 45.0 Å². The molecule has 1 aromatic carbocycles. The topological polar surface area (TPSA) is 126 Å². The molecule has 1 unspecified atom stereocenters. The lowest BCUT2D eigenvalue weighted by atomic mass is 10.2. The van der Waals surface area contributed by atoms with Gasteiger partial charge in [0, 0.05) is 31.2 Å². The Morgan fingerprint density at radius 1 is 1.15 bits per heavy atom. The molecule has 0 saturated heterocycles. The number of sulfonamides is 1. The van der Waals surface area contributed by atoms with E-state index in [4.69, 9.17) is 0 Å². The van der Waals surface area contributed by atoms with Crippen LogP contribution in [0, 0.1) is 0 Å². The van der Waals surface area contributed by atoms with Crippen LogP contribution >= 0.6 is 11.8 Å². The number of amides is 3. The summed E-state index contributed by atoms with van der Waals surface area (Å²) in [5.41, 5.74) is 0.620. The fourth-order valence-corrected chi connectivity index (χ4v) is 5.50. The number of aromatic nitrogens is 3. The lowest BCUT2D eigenvalue weighted by Gasteiger charge is -2.19. The summed E-state index contributed by atoms with van der Waals surface area (Å²) < 4.78 is 29.2. The summed E-state index contributed by atoms with van der Waals surface area (Å²) >= 11 is 1.17. The second-order valence-electron chi connectivity index (χ2n) is 7.25. The van der Waals surface area contributed by atoms with Gasteiger partial charge in [0.1, 0.15) is 0 Å². The van der Waals surface area contributed by atoms with Crippen LogP contribution in [0.4, 0.5) is 4.79 Å². The second kappa shape index (κ2) is 12.1. The predicted molar refractivity (Wildman–Crippen MR) is 129 cm³/mol. The average molecular weight is 497 g/mol. The van der Waals surface area contributed by atoms with Crippen molar-refractivity contribution in [3.63, 3.8) is 0 Å². The summed E-state index contributed by atoms with van der Waals surface area (Å²) in [6.07, 6.45) is 0.779. The molecule has 3 amide bonds. The van der Waals surface area contributed by atoms with Gasteiger partial charge in [-0.05, 0) is 32.4 Å². The highest BCUT2D eigenvalue weighted by atomic mass is 32.2. The number of thioether (sulfide) groups is 1. The Labute approximate surface area is 199 Å². The van der Waals surface area contributed by atoms with Crippen molar-refractivity contribution in [2.75, 3.05) is 25.4 Å². The molecule has 2 N–H and O–H groups in total. The third kappa shape index (κ3) is 6.55. The zero-order chi connectivity index (χ0) is 24.6. The standard InChI is InChI=1S/C21H32N6O4S2/c1-6-15(5)27-19(24-25-21(27)32-14-18(28)23-20(29)22-7-2)16-11-10-12-17(13-16)33(30,31)26(8-3)9-4/h10-13,15H,6-9,14H2,1-5H3,(H2,22,23,28,29). The van der Waals surface area contributed by atoms with Crippen LogP contribution in [0.3, 0.4) is 0 Å². The van der Waals surface area contributed by atoms with Crippen LogP contribution < -0.4 is 10.6 Å². The summed E-state index contributed by atoms with van der Waals surface area (Å²) in [5.74, 6) is 0.0633. The Morgan fingerprint density at radius 2 is 1.85 bits per heavy atom. The number of imide groups is 1. The summed E-state index contributed by atoms with van der Waals surface area (Å²) in [5, 5.41) is 13.8. The minimum Gasteiger partial charge on any atom is -0.338 e. The fraction of sp³-hybridized carbons (Fsp3) is 0.524. The molecule has 0 saturated carbocycles. The first-order chi connectivity index (χ1) is 15.7. The van der Waals surface area contributed by atoms with Crippen LogP contribution in [0.15, 0.2) is 34.3 Å². The van der Waals surface area contributed by atoms with Gasteiger partial charge in [-0.1, -0.05) is 44.7 Å². The molecule has 10 nitrogen and oxygen atoms in total. The zero-order valence-corrected chi connectivity index (χ0v) is 21.3. The molecule has 12 heteroatoms. The maximum atomic E-state index is 13.0. The van der Waals surface area contributed by atoms with Crippen LogP contribution in [0.25, 0.3) is 11.4 Å². The molecule has 0 aliphatic rings. The number of hydrogen-bond acceptors (Lipinski definition) is 7. The number of rotatable bonds is 11. The van der Waals surface area contributed by atoms with E-state index in [1.807, 2.05) is 18.4 Å². The lowest BCUT2D eigenvalue weighted by molar-refractivity contribution is -0.117. The van der Waals surface area contributed by atoms with Gasteiger partial charge >= 0.3 is 6.03 Å². The van der Waals surface area contributed by atoms with E-state index in [1.165, 1.54) is 16.1 Å². The number of carbonyl (C=O) groups excluding carboxylic acids is 2. The number of hydrogen-bond donors (Lipinski definition) is 2. The molecule has 182 valence electrons. The molecule has 0 aliphatic carbocycles. The van der Waals surface area contributed by atoms with Crippen LogP contribution in [0.1, 0.15) is 47.1 Å². The maximum absolute atomic E-state index is 13.0. The van der Waals surface area contributed by atoms with Gasteiger partial charge in [0.05, 0.1) is 10.6 Å². The molecular formula is C21H32N6O4S2. The zero-order valence-electron chi connectivity index (χ0n) is 19.7. The SMILES string of the molecule is CCNC(=O)NC(=O)CSc1nnc(-c2cccc(S(=O)(=O)N(CC)CC)c2)n1C(C)CC. The molecule has 2 rings (SSSR count). The highest BCUT2D eigenvalue weighted by Crippen LogP contribution is 2.30. The molecule has 1 heterocycles. The third-order valence-corrected chi connectivity index (χ3v) is 8.04. The minimum absolute atomic E-state index is 0.00648. The van der Waals surface area contributed by atoms with E-state index in [2.05, 4.69) is 20.8 Å². The number of nitrogens with one attached hydrogen (secondary N) is 2. The van der Waals surface area contributed by atoms with Gasteiger partial charge in [0.15, 0.2) is 11.0 Å². The number of benzene rings is 1. The van der Waals surface area contributed by atoms with E-state index in [0.717, 1.165) is 6.42 Å². The maximum Gasteiger partial charge on any atom is 0.321 e. The quantitative estimate of drug-likeness (QED) is 0.458. The summed E-state index contributed by atoms with van der Waals surface area (Å²) in [6.45, 7) is 10.6. The van der Waals surface area contributed by atoms with Gasteiger partial charge in [-0.3, -0.25) is 14.7 Å². The van der Waals surface area contributed by atoms with Crippen molar-refractivity contribution in [2.24, 2.45) is 0 Å². The van der Waals surface area contributed by atoms with Gasteiger partial charge < -0.3 is 5.32 Å². The number of carbonyl (C=O) groups is 2. The van der Waals surface area contributed by atoms with Crippen molar-refractivity contribution in [1.82, 2.24) is 29.7 Å². The van der Waals surface area contributed by atoms with Gasteiger partial charge in [0.2, 0.25) is 15.9 Å². The third-order valence-electron chi connectivity index (χ3n) is 5.05. The summed E-state index contributed by atoms with van der Waals surface area (Å²) in [6, 6.07) is 6.12. The van der Waals surface area contributed by atoms with Crippen LogP contribution in [0.5, 0.6) is 0 Å². The molecular weight excluding hydrogens is 464 g/mol. The van der Waals surface area contributed by atoms with E-state index < -0.39 is 22.0 Å². The fourth-order valence-electron chi connectivity index (χ4n) is 3.16. The van der Waals surface area contributed by atoms with Crippen molar-refractivity contribution in [3.05, 3.63) is 24.3 Å². The van der Waals surface area contributed by atoms with Crippen molar-refractivity contribution in [1.29, 1.82) is 0 Å². The number of nitrogens with zero attached hydrogens (tertiary/aromatic N) is 4. The normalized spacial score (nSPS) is 12.5. The molecule has 0 radical (unpaired) electrons. The smallest absolute Gasteiger partial charge is 0.321 e. The molecule has 0 spiro atoms.